The van der Waals surface area contributed by atoms with Crippen molar-refractivity contribution in [2.45, 2.75) is 32.5 Å². The van der Waals surface area contributed by atoms with E-state index in [9.17, 15) is 4.79 Å². The number of nitrogens with one attached hydrogen (secondary N) is 1. The number of carbonyl (C=O) groups excluding carboxylic acids is 1. The number of carbonyl (C=O) groups is 1. The second-order valence-electron chi connectivity index (χ2n) is 5.49. The lowest BCUT2D eigenvalue weighted by molar-refractivity contribution is 0.0376. The molecule has 1 amide bonds. The van der Waals surface area contributed by atoms with E-state index < -0.39 is 5.66 Å². The number of anilines is 1. The highest BCUT2D eigenvalue weighted by atomic mass is 16.3. The number of para-hydroxylation sites is 1. The quantitative estimate of drug-likeness (QED) is 0.909. The Morgan fingerprint density at radius 3 is 2.60 bits per heavy atom. The molecule has 0 bridgehead atoms. The third-order valence-electron chi connectivity index (χ3n) is 3.75. The Morgan fingerprint density at radius 1 is 1.20 bits per heavy atom. The molecular weight excluding hydrogens is 252 g/mol. The van der Waals surface area contributed by atoms with Gasteiger partial charge >= 0.3 is 0 Å². The van der Waals surface area contributed by atoms with Gasteiger partial charge < -0.3 is 14.6 Å². The lowest BCUT2D eigenvalue weighted by atomic mass is 9.97. The van der Waals surface area contributed by atoms with E-state index >= 15 is 0 Å². The van der Waals surface area contributed by atoms with Crippen molar-refractivity contribution >= 4 is 11.6 Å². The fourth-order valence-corrected chi connectivity index (χ4v) is 2.92. The third-order valence-corrected chi connectivity index (χ3v) is 3.75. The predicted octanol–water partition coefficient (Wildman–Crippen LogP) is 3.43. The summed E-state index contributed by atoms with van der Waals surface area (Å²) < 4.78 is 5.56. The van der Waals surface area contributed by atoms with E-state index in [-0.39, 0.29) is 11.9 Å². The first-order valence-corrected chi connectivity index (χ1v) is 6.79. The zero-order chi connectivity index (χ0) is 14.3. The molecule has 0 fully saturated rings. The van der Waals surface area contributed by atoms with Gasteiger partial charge in [-0.1, -0.05) is 12.1 Å². The Hall–Kier alpha value is -2.23. The minimum atomic E-state index is -0.677. The van der Waals surface area contributed by atoms with Gasteiger partial charge in [-0.2, -0.15) is 0 Å². The fraction of sp³-hybridized carbons (Fsp3) is 0.312. The minimum absolute atomic E-state index is 0.0215. The molecule has 1 unspecified atom stereocenters. The van der Waals surface area contributed by atoms with E-state index in [0.717, 1.165) is 11.4 Å². The van der Waals surface area contributed by atoms with Crippen LogP contribution in [0.3, 0.4) is 0 Å². The van der Waals surface area contributed by atoms with Crippen LogP contribution in [0.2, 0.25) is 0 Å². The summed E-state index contributed by atoms with van der Waals surface area (Å²) in [6, 6.07) is 11.4. The zero-order valence-corrected chi connectivity index (χ0v) is 11.9. The van der Waals surface area contributed by atoms with E-state index in [1.54, 1.807) is 6.26 Å². The molecule has 0 saturated carbocycles. The molecule has 4 nitrogen and oxygen atoms in total. The summed E-state index contributed by atoms with van der Waals surface area (Å²) in [5.41, 5.74) is 0.863. The van der Waals surface area contributed by atoms with Gasteiger partial charge in [-0.15, -0.1) is 0 Å². The number of hydrogen-bond donors (Lipinski definition) is 1. The van der Waals surface area contributed by atoms with Gasteiger partial charge in [0.2, 0.25) is 0 Å². The zero-order valence-electron chi connectivity index (χ0n) is 11.9. The van der Waals surface area contributed by atoms with Crippen molar-refractivity contribution in [3.05, 3.63) is 54.0 Å². The number of nitrogens with zero attached hydrogens (tertiary/aromatic N) is 1. The topological polar surface area (TPSA) is 45.5 Å². The van der Waals surface area contributed by atoms with Crippen LogP contribution in [0, 0.1) is 0 Å². The van der Waals surface area contributed by atoms with Crippen molar-refractivity contribution in [1.82, 2.24) is 4.90 Å². The largest absolute Gasteiger partial charge is 0.465 e. The Bertz CT molecular complexity index is 634. The molecule has 1 N–H and O–H groups in total. The summed E-state index contributed by atoms with van der Waals surface area (Å²) in [7, 11) is 0. The van der Waals surface area contributed by atoms with Crippen LogP contribution in [0.4, 0.5) is 5.69 Å². The number of amides is 1. The van der Waals surface area contributed by atoms with Gasteiger partial charge in [0.1, 0.15) is 5.76 Å². The van der Waals surface area contributed by atoms with Crippen LogP contribution in [0.5, 0.6) is 0 Å². The molecule has 1 aliphatic rings. The van der Waals surface area contributed by atoms with Crippen LogP contribution in [-0.2, 0) is 5.66 Å². The van der Waals surface area contributed by atoms with E-state index in [1.165, 1.54) is 0 Å². The van der Waals surface area contributed by atoms with Gasteiger partial charge in [-0.3, -0.25) is 4.79 Å². The molecule has 0 radical (unpaired) electrons. The number of benzene rings is 1. The van der Waals surface area contributed by atoms with Crippen molar-refractivity contribution in [2.24, 2.45) is 0 Å². The summed E-state index contributed by atoms with van der Waals surface area (Å²) in [5.74, 6) is 0.752. The maximum absolute atomic E-state index is 12.8. The normalized spacial score (nSPS) is 21.8. The Morgan fingerprint density at radius 2 is 1.95 bits per heavy atom. The van der Waals surface area contributed by atoms with Crippen molar-refractivity contribution in [1.29, 1.82) is 0 Å². The summed E-state index contributed by atoms with van der Waals surface area (Å²) >= 11 is 0. The number of rotatable bonds is 2. The van der Waals surface area contributed by atoms with Gasteiger partial charge in [0, 0.05) is 11.7 Å². The Balaban J connectivity index is 2.18. The van der Waals surface area contributed by atoms with Crippen LogP contribution in [0.25, 0.3) is 0 Å². The SMILES string of the molecule is CC(C)N1C(=O)c2ccccc2NC1(C)c1ccco1. The second kappa shape index (κ2) is 4.40. The number of hydrogen-bond acceptors (Lipinski definition) is 3. The monoisotopic (exact) mass is 270 g/mol. The van der Waals surface area contributed by atoms with Crippen molar-refractivity contribution < 1.29 is 9.21 Å². The molecule has 104 valence electrons. The minimum Gasteiger partial charge on any atom is -0.465 e. The molecule has 2 aromatic rings. The van der Waals surface area contributed by atoms with Crippen molar-refractivity contribution in [3.63, 3.8) is 0 Å². The molecule has 1 atom stereocenters. The Kier molecular flexibility index (Phi) is 2.82. The third kappa shape index (κ3) is 1.72. The molecule has 3 rings (SSSR count). The molecule has 4 heteroatoms. The standard InChI is InChI=1S/C16H18N2O2/c1-11(2)18-15(19)12-7-4-5-8-13(12)17-16(18,3)14-9-6-10-20-14/h4-11,17H,1-3H3. The molecule has 2 heterocycles. The molecular formula is C16H18N2O2. The maximum Gasteiger partial charge on any atom is 0.258 e. The lowest BCUT2D eigenvalue weighted by Crippen LogP contribution is -2.58. The molecule has 20 heavy (non-hydrogen) atoms. The van der Waals surface area contributed by atoms with E-state index in [1.807, 2.05) is 62.1 Å². The summed E-state index contributed by atoms with van der Waals surface area (Å²) in [6.45, 7) is 5.99. The van der Waals surface area contributed by atoms with Gasteiger partial charge in [0.25, 0.3) is 5.91 Å². The molecule has 1 aliphatic heterocycles. The summed E-state index contributed by atoms with van der Waals surface area (Å²) in [5, 5.41) is 3.45. The molecule has 0 saturated heterocycles. The van der Waals surface area contributed by atoms with Crippen molar-refractivity contribution in [3.8, 4) is 0 Å². The first-order chi connectivity index (χ1) is 9.54. The first kappa shape index (κ1) is 12.8. The van der Waals surface area contributed by atoms with Crippen LogP contribution in [-0.4, -0.2) is 16.8 Å². The average molecular weight is 270 g/mol. The van der Waals surface area contributed by atoms with E-state index in [4.69, 9.17) is 4.42 Å². The van der Waals surface area contributed by atoms with E-state index in [2.05, 4.69) is 5.32 Å². The van der Waals surface area contributed by atoms with Gasteiger partial charge in [-0.05, 0) is 45.0 Å². The highest BCUT2D eigenvalue weighted by Gasteiger charge is 2.45. The highest BCUT2D eigenvalue weighted by molar-refractivity contribution is 6.02. The van der Waals surface area contributed by atoms with Gasteiger partial charge in [0.05, 0.1) is 11.8 Å². The molecule has 0 aliphatic carbocycles. The highest BCUT2D eigenvalue weighted by Crippen LogP contribution is 2.38. The van der Waals surface area contributed by atoms with Gasteiger partial charge in [-0.25, -0.2) is 0 Å². The number of furan rings is 1. The number of fused-ring (bicyclic) bond motifs is 1. The molecule has 1 aromatic heterocycles. The van der Waals surface area contributed by atoms with E-state index in [0.29, 0.717) is 5.56 Å². The first-order valence-electron chi connectivity index (χ1n) is 6.79. The fourth-order valence-electron chi connectivity index (χ4n) is 2.92. The van der Waals surface area contributed by atoms with Crippen LogP contribution < -0.4 is 5.32 Å². The summed E-state index contributed by atoms with van der Waals surface area (Å²) in [4.78, 5) is 14.6. The molecule has 0 spiro atoms. The smallest absolute Gasteiger partial charge is 0.258 e. The van der Waals surface area contributed by atoms with Crippen LogP contribution in [0.15, 0.2) is 47.1 Å². The van der Waals surface area contributed by atoms with Crippen LogP contribution >= 0.6 is 0 Å². The lowest BCUT2D eigenvalue weighted by Gasteiger charge is -2.47. The van der Waals surface area contributed by atoms with Gasteiger partial charge in [0.15, 0.2) is 5.66 Å². The predicted molar refractivity (Wildman–Crippen MR) is 77.4 cm³/mol. The second-order valence-corrected chi connectivity index (χ2v) is 5.49. The Labute approximate surface area is 118 Å². The van der Waals surface area contributed by atoms with Crippen LogP contribution in [0.1, 0.15) is 36.9 Å². The summed E-state index contributed by atoms with van der Waals surface area (Å²) in [6.07, 6.45) is 1.63. The molecule has 1 aromatic carbocycles. The maximum atomic E-state index is 12.8. The average Bonchev–Trinajstić information content (AvgIpc) is 2.92. The van der Waals surface area contributed by atoms with Crippen molar-refractivity contribution in [2.75, 3.05) is 5.32 Å².